The van der Waals surface area contributed by atoms with E-state index in [2.05, 4.69) is 24.4 Å². The Morgan fingerprint density at radius 1 is 1.44 bits per heavy atom. The summed E-state index contributed by atoms with van der Waals surface area (Å²) in [6.45, 7) is 4.44. The lowest BCUT2D eigenvalue weighted by atomic mass is 9.83. The normalized spacial score (nSPS) is 24.1. The lowest BCUT2D eigenvalue weighted by Gasteiger charge is -2.39. The van der Waals surface area contributed by atoms with Gasteiger partial charge in [0, 0.05) is 6.61 Å². The molecule has 1 aliphatic rings. The summed E-state index contributed by atoms with van der Waals surface area (Å²) in [4.78, 5) is 0. The summed E-state index contributed by atoms with van der Waals surface area (Å²) in [5.41, 5.74) is 2.29. The summed E-state index contributed by atoms with van der Waals surface area (Å²) >= 11 is 0. The third-order valence-electron chi connectivity index (χ3n) is 3.19. The third kappa shape index (κ3) is 1.98. The van der Waals surface area contributed by atoms with Crippen molar-refractivity contribution in [3.63, 3.8) is 0 Å². The lowest BCUT2D eigenvalue weighted by Crippen LogP contribution is -2.49. The molecule has 0 bridgehead atoms. The van der Waals surface area contributed by atoms with Gasteiger partial charge < -0.3 is 15.2 Å². The van der Waals surface area contributed by atoms with E-state index < -0.39 is 0 Å². The second-order valence-corrected chi connectivity index (χ2v) is 4.24. The van der Waals surface area contributed by atoms with Crippen LogP contribution in [0.15, 0.2) is 24.3 Å². The first-order valence-electron chi connectivity index (χ1n) is 5.84. The van der Waals surface area contributed by atoms with Crippen molar-refractivity contribution in [3.8, 4) is 0 Å². The summed E-state index contributed by atoms with van der Waals surface area (Å²) in [7, 11) is 0. The van der Waals surface area contributed by atoms with Gasteiger partial charge in [0.15, 0.2) is 0 Å². The average Bonchev–Trinajstić information content (AvgIpc) is 2.30. The molecule has 0 amide bonds. The van der Waals surface area contributed by atoms with Gasteiger partial charge >= 0.3 is 0 Å². The first-order valence-corrected chi connectivity index (χ1v) is 5.84. The smallest absolute Gasteiger partial charge is 0.0721 e. The van der Waals surface area contributed by atoms with Gasteiger partial charge in [-0.15, -0.1) is 0 Å². The summed E-state index contributed by atoms with van der Waals surface area (Å²) in [5.74, 6) is 0. The highest BCUT2D eigenvalue weighted by molar-refractivity contribution is 5.35. The van der Waals surface area contributed by atoms with Crippen molar-refractivity contribution >= 4 is 0 Å². The maximum absolute atomic E-state index is 9.24. The molecule has 3 nitrogen and oxygen atoms in total. The molecule has 2 N–H and O–H groups in total. The predicted molar refractivity (Wildman–Crippen MR) is 63.2 cm³/mol. The van der Waals surface area contributed by atoms with Gasteiger partial charge in [0.25, 0.3) is 0 Å². The molecule has 88 valence electrons. The van der Waals surface area contributed by atoms with Crippen molar-refractivity contribution in [2.75, 3.05) is 19.8 Å². The minimum Gasteiger partial charge on any atom is -0.396 e. The molecule has 0 saturated heterocycles. The van der Waals surface area contributed by atoms with Crippen LogP contribution in [-0.4, -0.2) is 24.9 Å². The molecule has 3 heteroatoms. The number of aliphatic hydroxyl groups is 1. The van der Waals surface area contributed by atoms with Gasteiger partial charge in [-0.1, -0.05) is 31.2 Å². The van der Waals surface area contributed by atoms with E-state index in [1.165, 1.54) is 11.1 Å². The summed E-state index contributed by atoms with van der Waals surface area (Å²) < 4.78 is 5.64. The zero-order valence-corrected chi connectivity index (χ0v) is 9.70. The largest absolute Gasteiger partial charge is 0.396 e. The standard InChI is InChI=1S/C13H19NO2/c1-2-14-13(7-8-15)10-16-9-11-5-3-4-6-12(11)13/h3-6,14-15H,2,7-10H2,1H3. The van der Waals surface area contributed by atoms with Crippen molar-refractivity contribution in [2.45, 2.75) is 25.5 Å². The molecular weight excluding hydrogens is 202 g/mol. The molecule has 2 rings (SSSR count). The maximum Gasteiger partial charge on any atom is 0.0721 e. The van der Waals surface area contributed by atoms with Crippen LogP contribution in [0.5, 0.6) is 0 Å². The van der Waals surface area contributed by atoms with Crippen molar-refractivity contribution in [1.82, 2.24) is 5.32 Å². The Labute approximate surface area is 96.4 Å². The van der Waals surface area contributed by atoms with Crippen LogP contribution in [0.25, 0.3) is 0 Å². The lowest BCUT2D eigenvalue weighted by molar-refractivity contribution is 0.0246. The maximum atomic E-state index is 9.24. The summed E-state index contributed by atoms with van der Waals surface area (Å²) in [5, 5.41) is 12.7. The molecule has 1 atom stereocenters. The molecule has 0 saturated carbocycles. The monoisotopic (exact) mass is 221 g/mol. The molecule has 1 aromatic carbocycles. The predicted octanol–water partition coefficient (Wildman–Crippen LogP) is 1.40. The van der Waals surface area contributed by atoms with E-state index in [1.54, 1.807) is 0 Å². The average molecular weight is 221 g/mol. The van der Waals surface area contributed by atoms with E-state index in [4.69, 9.17) is 4.74 Å². The van der Waals surface area contributed by atoms with Gasteiger partial charge in [0.1, 0.15) is 0 Å². The number of aliphatic hydroxyl groups excluding tert-OH is 1. The zero-order valence-electron chi connectivity index (χ0n) is 9.70. The number of nitrogens with one attached hydrogen (secondary N) is 1. The molecule has 0 aliphatic carbocycles. The Morgan fingerprint density at radius 3 is 3.00 bits per heavy atom. The van der Waals surface area contributed by atoms with E-state index in [0.717, 1.165) is 6.54 Å². The van der Waals surface area contributed by atoms with E-state index in [-0.39, 0.29) is 12.1 Å². The molecule has 1 aromatic rings. The molecule has 0 radical (unpaired) electrons. The number of rotatable bonds is 4. The Morgan fingerprint density at radius 2 is 2.25 bits per heavy atom. The number of likely N-dealkylation sites (N-methyl/N-ethyl adjacent to an activating group) is 1. The van der Waals surface area contributed by atoms with Crippen LogP contribution < -0.4 is 5.32 Å². The second kappa shape index (κ2) is 4.95. The van der Waals surface area contributed by atoms with Crippen LogP contribution in [0, 0.1) is 0 Å². The van der Waals surface area contributed by atoms with E-state index >= 15 is 0 Å². The SMILES string of the molecule is CCNC1(CCO)COCc2ccccc21. The number of benzene rings is 1. The highest BCUT2D eigenvalue weighted by Crippen LogP contribution is 2.32. The van der Waals surface area contributed by atoms with Crippen LogP contribution in [0.4, 0.5) is 0 Å². The van der Waals surface area contributed by atoms with Crippen LogP contribution in [0.3, 0.4) is 0 Å². The van der Waals surface area contributed by atoms with Crippen LogP contribution in [0.1, 0.15) is 24.5 Å². The third-order valence-corrected chi connectivity index (χ3v) is 3.19. The molecule has 0 spiro atoms. The molecular formula is C13H19NO2. The van der Waals surface area contributed by atoms with E-state index in [1.807, 2.05) is 12.1 Å². The number of hydrogen-bond acceptors (Lipinski definition) is 3. The number of ether oxygens (including phenoxy) is 1. The van der Waals surface area contributed by atoms with E-state index in [0.29, 0.717) is 19.6 Å². The second-order valence-electron chi connectivity index (χ2n) is 4.24. The summed E-state index contributed by atoms with van der Waals surface area (Å²) in [6.07, 6.45) is 0.692. The minimum absolute atomic E-state index is 0.171. The van der Waals surface area contributed by atoms with Gasteiger partial charge in [0.2, 0.25) is 0 Å². The first kappa shape index (κ1) is 11.6. The Bertz CT molecular complexity index is 346. The molecule has 1 aliphatic heterocycles. The van der Waals surface area contributed by atoms with Gasteiger partial charge in [-0.05, 0) is 24.1 Å². The molecule has 0 aromatic heterocycles. The highest BCUT2D eigenvalue weighted by atomic mass is 16.5. The molecule has 1 unspecified atom stereocenters. The Balaban J connectivity index is 2.39. The zero-order chi connectivity index (χ0) is 11.4. The minimum atomic E-state index is -0.210. The fourth-order valence-corrected chi connectivity index (χ4v) is 2.50. The van der Waals surface area contributed by atoms with Gasteiger partial charge in [0.05, 0.1) is 18.8 Å². The Hall–Kier alpha value is -0.900. The molecule has 1 heterocycles. The van der Waals surface area contributed by atoms with Crippen LogP contribution in [-0.2, 0) is 16.9 Å². The van der Waals surface area contributed by atoms with Gasteiger partial charge in [-0.3, -0.25) is 0 Å². The topological polar surface area (TPSA) is 41.5 Å². The fourth-order valence-electron chi connectivity index (χ4n) is 2.50. The van der Waals surface area contributed by atoms with Crippen molar-refractivity contribution in [1.29, 1.82) is 0 Å². The van der Waals surface area contributed by atoms with Crippen molar-refractivity contribution in [2.24, 2.45) is 0 Å². The first-order chi connectivity index (χ1) is 7.82. The van der Waals surface area contributed by atoms with Crippen molar-refractivity contribution < 1.29 is 9.84 Å². The quantitative estimate of drug-likeness (QED) is 0.807. The van der Waals surface area contributed by atoms with E-state index in [9.17, 15) is 5.11 Å². The van der Waals surface area contributed by atoms with Crippen LogP contribution >= 0.6 is 0 Å². The highest BCUT2D eigenvalue weighted by Gasteiger charge is 2.35. The molecule has 0 fully saturated rings. The Kier molecular flexibility index (Phi) is 3.59. The van der Waals surface area contributed by atoms with Gasteiger partial charge in [-0.2, -0.15) is 0 Å². The van der Waals surface area contributed by atoms with Gasteiger partial charge in [-0.25, -0.2) is 0 Å². The number of hydrogen-bond donors (Lipinski definition) is 2. The number of fused-ring (bicyclic) bond motifs is 1. The fraction of sp³-hybridized carbons (Fsp3) is 0.538. The van der Waals surface area contributed by atoms with Crippen LogP contribution in [0.2, 0.25) is 0 Å². The van der Waals surface area contributed by atoms with Crippen molar-refractivity contribution in [3.05, 3.63) is 35.4 Å². The molecule has 16 heavy (non-hydrogen) atoms. The summed E-state index contributed by atoms with van der Waals surface area (Å²) in [6, 6.07) is 8.31.